The van der Waals surface area contributed by atoms with E-state index in [1.807, 2.05) is 59.3 Å². The molecular weight excluding hydrogens is 396 g/mol. The van der Waals surface area contributed by atoms with Gasteiger partial charge in [0.2, 0.25) is 5.91 Å². The minimum atomic E-state index is -0.293. The summed E-state index contributed by atoms with van der Waals surface area (Å²) in [6.07, 6.45) is 0.170. The van der Waals surface area contributed by atoms with Crippen LogP contribution in [0.25, 0.3) is 10.9 Å². The lowest BCUT2D eigenvalue weighted by atomic mass is 10.1. The molecule has 0 spiro atoms. The monoisotopic (exact) mass is 412 g/mol. The van der Waals surface area contributed by atoms with Crippen LogP contribution >= 0.6 is 11.3 Å². The quantitative estimate of drug-likeness (QED) is 0.496. The number of hydrogen-bond acceptors (Lipinski definition) is 5. The van der Waals surface area contributed by atoms with E-state index in [1.54, 1.807) is 12.1 Å². The predicted octanol–water partition coefficient (Wildman–Crippen LogP) is 5.01. The molecule has 1 aliphatic heterocycles. The lowest BCUT2D eigenvalue weighted by Crippen LogP contribution is -2.16. The Balaban J connectivity index is 1.42. The smallest absolute Gasteiger partial charge is 0.274 e. The Hall–Kier alpha value is -3.84. The number of nitrogens with zero attached hydrogens (tertiary/aromatic N) is 2. The number of pyridine rings is 1. The van der Waals surface area contributed by atoms with Crippen molar-refractivity contribution in [3.8, 4) is 0 Å². The van der Waals surface area contributed by atoms with Gasteiger partial charge in [-0.1, -0.05) is 36.4 Å². The van der Waals surface area contributed by atoms with Crippen LogP contribution in [0.2, 0.25) is 0 Å². The van der Waals surface area contributed by atoms with Crippen molar-refractivity contribution in [2.24, 2.45) is 4.99 Å². The highest BCUT2D eigenvalue weighted by molar-refractivity contribution is 7.09. The number of rotatable bonds is 3. The average Bonchev–Trinajstić information content (AvgIpc) is 3.12. The van der Waals surface area contributed by atoms with Crippen LogP contribution < -0.4 is 10.6 Å². The molecule has 2 amide bonds. The van der Waals surface area contributed by atoms with Crippen molar-refractivity contribution in [1.29, 1.82) is 0 Å². The Kier molecular flexibility index (Phi) is 4.57. The van der Waals surface area contributed by atoms with E-state index >= 15 is 0 Å². The van der Waals surface area contributed by atoms with Gasteiger partial charge in [0.1, 0.15) is 5.69 Å². The Morgan fingerprint density at radius 2 is 1.93 bits per heavy atom. The third kappa shape index (κ3) is 3.58. The summed E-state index contributed by atoms with van der Waals surface area (Å²) in [5.41, 5.74) is 4.64. The highest BCUT2D eigenvalue weighted by Gasteiger charge is 2.18. The first-order valence-corrected chi connectivity index (χ1v) is 10.3. The molecule has 7 heteroatoms. The number of amides is 2. The van der Waals surface area contributed by atoms with Crippen LogP contribution in [0.1, 0.15) is 22.5 Å². The molecule has 6 nitrogen and oxygen atoms in total. The van der Waals surface area contributed by atoms with Gasteiger partial charge in [-0.3, -0.25) is 9.59 Å². The first-order valence-electron chi connectivity index (χ1n) is 9.37. The Bertz CT molecular complexity index is 1330. The SMILES string of the molecule is O=C1CC(c2cccc(NC(=O)c3ccc4ccccc4n3)c2)=Nc2cscc2N1. The maximum absolute atomic E-state index is 12.7. The molecule has 0 unspecified atom stereocenters. The topological polar surface area (TPSA) is 83.5 Å². The van der Waals surface area contributed by atoms with Crippen LogP contribution in [0.3, 0.4) is 0 Å². The molecule has 2 N–H and O–H groups in total. The molecule has 0 fully saturated rings. The van der Waals surface area contributed by atoms with Crippen molar-refractivity contribution in [2.75, 3.05) is 10.6 Å². The second-order valence-electron chi connectivity index (χ2n) is 6.88. The Morgan fingerprint density at radius 1 is 1.03 bits per heavy atom. The van der Waals surface area contributed by atoms with Crippen LogP contribution in [0, 0.1) is 0 Å². The zero-order valence-corrected chi connectivity index (χ0v) is 16.6. The highest BCUT2D eigenvalue weighted by Crippen LogP contribution is 2.32. The number of hydrogen-bond donors (Lipinski definition) is 2. The Morgan fingerprint density at radius 3 is 2.87 bits per heavy atom. The average molecular weight is 412 g/mol. The normalized spacial score (nSPS) is 13.2. The number of nitrogens with one attached hydrogen (secondary N) is 2. The molecule has 0 aliphatic carbocycles. The van der Waals surface area contributed by atoms with E-state index in [0.29, 0.717) is 17.1 Å². The van der Waals surface area contributed by atoms with Gasteiger partial charge in [0.05, 0.1) is 29.0 Å². The third-order valence-electron chi connectivity index (χ3n) is 4.78. The molecule has 3 heterocycles. The molecule has 0 atom stereocenters. The maximum atomic E-state index is 12.7. The number of fused-ring (bicyclic) bond motifs is 2. The fraction of sp³-hybridized carbons (Fsp3) is 0.0435. The molecule has 146 valence electrons. The van der Waals surface area contributed by atoms with Crippen LogP contribution in [0.15, 0.2) is 76.4 Å². The molecule has 0 bridgehead atoms. The lowest BCUT2D eigenvalue weighted by Gasteiger charge is -2.09. The van der Waals surface area contributed by atoms with E-state index in [9.17, 15) is 9.59 Å². The Labute approximate surface area is 176 Å². The van der Waals surface area contributed by atoms with Crippen molar-refractivity contribution in [3.05, 3.63) is 82.7 Å². The molecule has 0 saturated carbocycles. The van der Waals surface area contributed by atoms with Gasteiger partial charge in [-0.05, 0) is 29.8 Å². The van der Waals surface area contributed by atoms with E-state index in [1.165, 1.54) is 11.3 Å². The van der Waals surface area contributed by atoms with Crippen molar-refractivity contribution in [3.63, 3.8) is 0 Å². The zero-order chi connectivity index (χ0) is 20.5. The lowest BCUT2D eigenvalue weighted by molar-refractivity contribution is -0.115. The summed E-state index contributed by atoms with van der Waals surface area (Å²) in [6, 6.07) is 18.6. The molecule has 5 rings (SSSR count). The largest absolute Gasteiger partial charge is 0.323 e. The van der Waals surface area contributed by atoms with Gasteiger partial charge in [0.25, 0.3) is 5.91 Å². The molecule has 0 saturated heterocycles. The fourth-order valence-corrected chi connectivity index (χ4v) is 4.02. The number of thiophene rings is 1. The van der Waals surface area contributed by atoms with E-state index in [-0.39, 0.29) is 18.2 Å². The number of aromatic nitrogens is 1. The highest BCUT2D eigenvalue weighted by atomic mass is 32.1. The number of anilines is 2. The van der Waals surface area contributed by atoms with Gasteiger partial charge in [-0.25, -0.2) is 9.98 Å². The second-order valence-corrected chi connectivity index (χ2v) is 7.62. The summed E-state index contributed by atoms with van der Waals surface area (Å²) in [6.45, 7) is 0. The van der Waals surface area contributed by atoms with Crippen molar-refractivity contribution in [2.45, 2.75) is 6.42 Å². The molecular formula is C23H16N4O2S. The van der Waals surface area contributed by atoms with Gasteiger partial charge >= 0.3 is 0 Å². The van der Waals surface area contributed by atoms with E-state index in [4.69, 9.17) is 0 Å². The van der Waals surface area contributed by atoms with Crippen molar-refractivity contribution in [1.82, 2.24) is 4.98 Å². The number of aliphatic imine (C=N–C) groups is 1. The van der Waals surface area contributed by atoms with E-state index < -0.39 is 0 Å². The molecule has 30 heavy (non-hydrogen) atoms. The van der Waals surface area contributed by atoms with Crippen molar-refractivity contribution >= 4 is 56.8 Å². The summed E-state index contributed by atoms with van der Waals surface area (Å²) in [4.78, 5) is 34.0. The van der Waals surface area contributed by atoms with Gasteiger partial charge in [0, 0.05) is 21.8 Å². The summed E-state index contributed by atoms with van der Waals surface area (Å²) < 4.78 is 0. The fourth-order valence-electron chi connectivity index (χ4n) is 3.33. The van der Waals surface area contributed by atoms with Crippen LogP contribution in [-0.4, -0.2) is 22.5 Å². The maximum Gasteiger partial charge on any atom is 0.274 e. The van der Waals surface area contributed by atoms with Gasteiger partial charge < -0.3 is 10.6 Å². The number of para-hydroxylation sites is 1. The molecule has 2 aromatic heterocycles. The standard InChI is InChI=1S/C23H16N4O2S/c28-22-11-19(26-20-12-30-13-21(20)27-22)15-5-3-6-16(10-15)24-23(29)18-9-8-14-4-1-2-7-17(14)25-18/h1-10,12-13H,11H2,(H,24,29)(H,27,28). The number of carbonyl (C=O) groups excluding carboxylic acids is 2. The number of benzene rings is 2. The van der Waals surface area contributed by atoms with E-state index in [0.717, 1.165) is 27.8 Å². The molecule has 4 aromatic rings. The van der Waals surface area contributed by atoms with Gasteiger partial charge in [-0.2, -0.15) is 0 Å². The third-order valence-corrected chi connectivity index (χ3v) is 5.51. The molecule has 1 aliphatic rings. The minimum Gasteiger partial charge on any atom is -0.323 e. The van der Waals surface area contributed by atoms with Gasteiger partial charge in [0.15, 0.2) is 0 Å². The summed E-state index contributed by atoms with van der Waals surface area (Å²) in [7, 11) is 0. The van der Waals surface area contributed by atoms with Crippen molar-refractivity contribution < 1.29 is 9.59 Å². The second kappa shape index (κ2) is 7.53. The summed E-state index contributed by atoms with van der Waals surface area (Å²) in [5.74, 6) is -0.403. The zero-order valence-electron chi connectivity index (χ0n) is 15.8. The predicted molar refractivity (Wildman–Crippen MR) is 120 cm³/mol. The van der Waals surface area contributed by atoms with Crippen LogP contribution in [0.4, 0.5) is 17.1 Å². The van der Waals surface area contributed by atoms with Crippen LogP contribution in [0.5, 0.6) is 0 Å². The van der Waals surface area contributed by atoms with Crippen LogP contribution in [-0.2, 0) is 4.79 Å². The first-order chi connectivity index (χ1) is 14.7. The van der Waals surface area contributed by atoms with Gasteiger partial charge in [-0.15, -0.1) is 11.3 Å². The number of carbonyl (C=O) groups is 2. The minimum absolute atomic E-state index is 0.110. The summed E-state index contributed by atoms with van der Waals surface area (Å²) >= 11 is 1.49. The molecule has 2 aromatic carbocycles. The van der Waals surface area contributed by atoms with E-state index in [2.05, 4.69) is 20.6 Å². The molecule has 0 radical (unpaired) electrons. The summed E-state index contributed by atoms with van der Waals surface area (Å²) in [5, 5.41) is 10.5. The first kappa shape index (κ1) is 18.2.